The Morgan fingerprint density at radius 2 is 1.78 bits per heavy atom. The molecule has 3 N–H and O–H groups in total. The van der Waals surface area contributed by atoms with Crippen molar-refractivity contribution in [3.8, 4) is 11.1 Å². The van der Waals surface area contributed by atoms with Crippen molar-refractivity contribution < 1.29 is 19.7 Å². The number of hydrogen-bond acceptors (Lipinski definition) is 5. The Balaban J connectivity index is 1.57. The third-order valence-corrected chi connectivity index (χ3v) is 7.07. The molecule has 0 saturated carbocycles. The molecule has 0 aliphatic heterocycles. The normalized spacial score (nSPS) is 13.4. The van der Waals surface area contributed by atoms with Crippen LogP contribution in [0.25, 0.3) is 11.1 Å². The number of aryl methyl sites for hydroxylation is 1. The van der Waals surface area contributed by atoms with E-state index in [4.69, 9.17) is 4.74 Å². The summed E-state index contributed by atoms with van der Waals surface area (Å²) in [7, 11) is 0. The molecule has 0 fully saturated rings. The number of carboxylic acid groups (broad SMARTS) is 1. The van der Waals surface area contributed by atoms with Gasteiger partial charge >= 0.3 is 5.97 Å². The smallest absolute Gasteiger partial charge is 0.335 e. The molecule has 0 spiro atoms. The van der Waals surface area contributed by atoms with Crippen LogP contribution in [0.5, 0.6) is 0 Å². The fraction of sp³-hybridized carbons (Fsp3) is 0.367. The first kappa shape index (κ1) is 27.9. The van der Waals surface area contributed by atoms with Crippen LogP contribution in [0.15, 0.2) is 71.6 Å². The van der Waals surface area contributed by atoms with Gasteiger partial charge in [-0.05, 0) is 86.4 Å². The van der Waals surface area contributed by atoms with Crippen LogP contribution in [-0.2, 0) is 11.2 Å². The number of carboxylic acids is 1. The lowest BCUT2D eigenvalue weighted by Gasteiger charge is -2.28. The first-order chi connectivity index (χ1) is 17.1. The largest absolute Gasteiger partial charge is 0.478 e. The molecule has 0 amide bonds. The van der Waals surface area contributed by atoms with Gasteiger partial charge in [0.05, 0.1) is 24.4 Å². The number of rotatable bonds is 12. The van der Waals surface area contributed by atoms with Crippen molar-refractivity contribution in [2.75, 3.05) is 19.4 Å². The highest BCUT2D eigenvalue weighted by atomic mass is 32.2. The minimum atomic E-state index is -0.927. The number of hydrogen-bond donors (Lipinski definition) is 3. The summed E-state index contributed by atoms with van der Waals surface area (Å²) in [6.45, 7) is 8.69. The molecule has 192 valence electrons. The fourth-order valence-electron chi connectivity index (χ4n) is 4.30. The van der Waals surface area contributed by atoms with E-state index >= 15 is 0 Å². The molecule has 0 bridgehead atoms. The summed E-state index contributed by atoms with van der Waals surface area (Å²) in [4.78, 5) is 12.6. The average molecular weight is 508 g/mol. The van der Waals surface area contributed by atoms with E-state index < -0.39 is 12.1 Å². The first-order valence-electron chi connectivity index (χ1n) is 12.2. The van der Waals surface area contributed by atoms with E-state index in [-0.39, 0.29) is 18.2 Å². The zero-order chi connectivity index (χ0) is 26.3. The van der Waals surface area contributed by atoms with E-state index in [1.165, 1.54) is 10.5 Å². The average Bonchev–Trinajstić information content (AvgIpc) is 2.86. The Hall–Kier alpha value is -2.64. The third-order valence-electron chi connectivity index (χ3n) is 6.33. The predicted octanol–water partition coefficient (Wildman–Crippen LogP) is 6.13. The van der Waals surface area contributed by atoms with Gasteiger partial charge in [0, 0.05) is 17.0 Å². The maximum absolute atomic E-state index is 11.4. The fourth-order valence-corrected chi connectivity index (χ4v) is 4.71. The highest BCUT2D eigenvalue weighted by Gasteiger charge is 2.20. The van der Waals surface area contributed by atoms with E-state index in [1.54, 1.807) is 24.8 Å². The van der Waals surface area contributed by atoms with Crippen molar-refractivity contribution in [3.63, 3.8) is 0 Å². The quantitative estimate of drug-likeness (QED) is 0.256. The summed E-state index contributed by atoms with van der Waals surface area (Å²) in [5.41, 5.74) is 5.04. The lowest BCUT2D eigenvalue weighted by molar-refractivity contribution is -0.00397. The molecule has 0 radical (unpaired) electrons. The number of aliphatic hydroxyl groups is 1. The predicted molar refractivity (Wildman–Crippen MR) is 148 cm³/mol. The van der Waals surface area contributed by atoms with Gasteiger partial charge in [0.1, 0.15) is 0 Å². The molecule has 0 aromatic heterocycles. The summed E-state index contributed by atoms with van der Waals surface area (Å²) >= 11 is 1.73. The van der Waals surface area contributed by atoms with Crippen molar-refractivity contribution in [2.24, 2.45) is 0 Å². The van der Waals surface area contributed by atoms with Gasteiger partial charge in [-0.3, -0.25) is 0 Å². The van der Waals surface area contributed by atoms with Crippen LogP contribution in [0.1, 0.15) is 53.9 Å². The monoisotopic (exact) mass is 507 g/mol. The zero-order valence-electron chi connectivity index (χ0n) is 21.7. The molecule has 3 aromatic carbocycles. The Kier molecular flexibility index (Phi) is 9.74. The number of thioether (sulfide) groups is 1. The number of β-amino-alcohol motifs (C(OH)–C–C–N with tert-alkyl or cyclic N) is 1. The van der Waals surface area contributed by atoms with Gasteiger partial charge in [-0.1, -0.05) is 48.5 Å². The van der Waals surface area contributed by atoms with Crippen molar-refractivity contribution in [3.05, 3.63) is 89.0 Å². The number of nitrogens with one attached hydrogen (secondary N) is 1. The van der Waals surface area contributed by atoms with E-state index in [1.807, 2.05) is 43.3 Å². The molecule has 0 heterocycles. The Morgan fingerprint density at radius 3 is 2.42 bits per heavy atom. The molecular weight excluding hydrogens is 470 g/mol. The van der Waals surface area contributed by atoms with E-state index in [0.29, 0.717) is 17.7 Å². The lowest BCUT2D eigenvalue weighted by Crippen LogP contribution is -2.46. The maximum atomic E-state index is 11.4. The molecule has 0 aliphatic carbocycles. The van der Waals surface area contributed by atoms with E-state index in [0.717, 1.165) is 23.1 Å². The minimum Gasteiger partial charge on any atom is -0.478 e. The van der Waals surface area contributed by atoms with Crippen molar-refractivity contribution >= 4 is 17.7 Å². The number of carbonyl (C=O) groups is 1. The molecule has 6 heteroatoms. The van der Waals surface area contributed by atoms with Gasteiger partial charge in [0.25, 0.3) is 0 Å². The van der Waals surface area contributed by atoms with Gasteiger partial charge in [0.2, 0.25) is 0 Å². The molecule has 5 nitrogen and oxygen atoms in total. The highest BCUT2D eigenvalue weighted by Crippen LogP contribution is 2.31. The van der Waals surface area contributed by atoms with Crippen LogP contribution in [0, 0.1) is 6.92 Å². The molecule has 2 atom stereocenters. The topological polar surface area (TPSA) is 78.8 Å². The molecule has 0 aliphatic rings. The molecule has 3 rings (SSSR count). The van der Waals surface area contributed by atoms with Gasteiger partial charge in [-0.15, -0.1) is 11.8 Å². The first-order valence-corrected chi connectivity index (χ1v) is 13.4. The Bertz CT molecular complexity index is 1160. The molecule has 3 aromatic rings. The number of ether oxygens (including phenoxy) is 1. The van der Waals surface area contributed by atoms with Gasteiger partial charge in [-0.25, -0.2) is 4.79 Å². The highest BCUT2D eigenvalue weighted by molar-refractivity contribution is 7.98. The van der Waals surface area contributed by atoms with Gasteiger partial charge in [0.15, 0.2) is 0 Å². The Morgan fingerprint density at radius 1 is 1.08 bits per heavy atom. The number of benzene rings is 3. The summed E-state index contributed by atoms with van der Waals surface area (Å²) in [5.74, 6) is -0.927. The summed E-state index contributed by atoms with van der Waals surface area (Å²) in [5, 5.41) is 23.4. The second-order valence-corrected chi connectivity index (χ2v) is 10.7. The van der Waals surface area contributed by atoms with Crippen LogP contribution in [-0.4, -0.2) is 47.2 Å². The van der Waals surface area contributed by atoms with Crippen LogP contribution >= 0.6 is 11.8 Å². The third kappa shape index (κ3) is 7.68. The zero-order valence-corrected chi connectivity index (χ0v) is 22.6. The SMILES string of the molecule is CSc1ccc(CC(C)(C)NC[C@H](O)CO[C@H](C)c2ccccc2-c2ccc(C(=O)O)c(C)c2)cc1. The molecular formula is C30H37NO4S. The lowest BCUT2D eigenvalue weighted by atomic mass is 9.94. The van der Waals surface area contributed by atoms with Crippen LogP contribution < -0.4 is 5.32 Å². The van der Waals surface area contributed by atoms with Crippen molar-refractivity contribution in [2.45, 2.75) is 56.8 Å². The number of aliphatic hydroxyl groups excluding tert-OH is 1. The number of aromatic carboxylic acids is 1. The van der Waals surface area contributed by atoms with Crippen LogP contribution in [0.2, 0.25) is 0 Å². The second kappa shape index (κ2) is 12.5. The minimum absolute atomic E-state index is 0.167. The van der Waals surface area contributed by atoms with Gasteiger partial charge < -0.3 is 20.3 Å². The van der Waals surface area contributed by atoms with Crippen LogP contribution in [0.4, 0.5) is 0 Å². The molecule has 36 heavy (non-hydrogen) atoms. The van der Waals surface area contributed by atoms with Crippen molar-refractivity contribution in [1.82, 2.24) is 5.32 Å². The van der Waals surface area contributed by atoms with Crippen LogP contribution in [0.3, 0.4) is 0 Å². The Labute approximate surface area is 218 Å². The van der Waals surface area contributed by atoms with E-state index in [2.05, 4.69) is 49.7 Å². The van der Waals surface area contributed by atoms with Gasteiger partial charge in [-0.2, -0.15) is 0 Å². The standard InChI is InChI=1S/C30H37NO4S/c1-20-16-23(12-15-26(20)29(33)34)28-9-7-6-8-27(28)21(2)35-19-24(32)18-31-30(3,4)17-22-10-13-25(36-5)14-11-22/h6-16,21,24,31-32H,17-19H2,1-5H3,(H,33,34)/t21-,24+/m1/s1. The second-order valence-electron chi connectivity index (χ2n) is 9.84. The molecule has 0 saturated heterocycles. The molecule has 0 unspecified atom stereocenters. The summed E-state index contributed by atoms with van der Waals surface area (Å²) in [6, 6.07) is 21.9. The summed E-state index contributed by atoms with van der Waals surface area (Å²) < 4.78 is 6.07. The van der Waals surface area contributed by atoms with E-state index in [9.17, 15) is 15.0 Å². The maximum Gasteiger partial charge on any atom is 0.335 e. The van der Waals surface area contributed by atoms with Crippen molar-refractivity contribution in [1.29, 1.82) is 0 Å². The summed E-state index contributed by atoms with van der Waals surface area (Å²) in [6.07, 6.45) is 2.05.